The van der Waals surface area contributed by atoms with Crippen LogP contribution >= 0.6 is 11.6 Å². The Kier molecular flexibility index (Phi) is 4.21. The van der Waals surface area contributed by atoms with Crippen LogP contribution in [0.5, 0.6) is 0 Å². The summed E-state index contributed by atoms with van der Waals surface area (Å²) in [5.41, 5.74) is 2.44. The third kappa shape index (κ3) is 2.88. The maximum atomic E-state index is 11.5. The van der Waals surface area contributed by atoms with E-state index < -0.39 is 5.60 Å². The van der Waals surface area contributed by atoms with Crippen LogP contribution in [-0.2, 0) is 12.1 Å². The molecule has 2 aliphatic heterocycles. The van der Waals surface area contributed by atoms with Crippen LogP contribution in [0.3, 0.4) is 0 Å². The molecule has 2 bridgehead atoms. The predicted molar refractivity (Wildman–Crippen MR) is 121 cm³/mol. The summed E-state index contributed by atoms with van der Waals surface area (Å²) in [5, 5.41) is 15.7. The van der Waals surface area contributed by atoms with Crippen LogP contribution < -0.4 is 0 Å². The van der Waals surface area contributed by atoms with Crippen LogP contribution in [0.4, 0.5) is 0 Å². The van der Waals surface area contributed by atoms with Crippen molar-refractivity contribution in [1.82, 2.24) is 4.90 Å². The van der Waals surface area contributed by atoms with Gasteiger partial charge in [0.25, 0.3) is 0 Å². The van der Waals surface area contributed by atoms with Crippen molar-refractivity contribution in [1.29, 1.82) is 0 Å². The molecule has 0 spiro atoms. The summed E-state index contributed by atoms with van der Waals surface area (Å²) in [5.74, 6) is 0. The highest BCUT2D eigenvalue weighted by Crippen LogP contribution is 2.47. The van der Waals surface area contributed by atoms with Gasteiger partial charge in [0.2, 0.25) is 0 Å². The number of hydrogen-bond donors (Lipinski definition) is 1. The maximum absolute atomic E-state index is 11.5. The highest BCUT2D eigenvalue weighted by Gasteiger charge is 2.48. The molecule has 0 radical (unpaired) electrons. The lowest BCUT2D eigenvalue weighted by molar-refractivity contribution is -0.0594. The molecule has 2 fully saturated rings. The Morgan fingerprint density at radius 1 is 0.933 bits per heavy atom. The molecule has 0 aliphatic carbocycles. The van der Waals surface area contributed by atoms with Gasteiger partial charge >= 0.3 is 0 Å². The lowest BCUT2D eigenvalue weighted by atomic mass is 9.80. The highest BCUT2D eigenvalue weighted by molar-refractivity contribution is 6.30. The van der Waals surface area contributed by atoms with E-state index in [1.54, 1.807) is 0 Å². The van der Waals surface area contributed by atoms with Gasteiger partial charge in [-0.1, -0.05) is 60.1 Å². The Hall–Kier alpha value is -2.33. The molecular weight excluding hydrogens is 394 g/mol. The molecule has 1 N–H and O–H groups in total. The monoisotopic (exact) mass is 417 g/mol. The number of piperidine rings is 1. The van der Waals surface area contributed by atoms with Gasteiger partial charge in [-0.15, -0.1) is 0 Å². The summed E-state index contributed by atoms with van der Waals surface area (Å²) < 4.78 is 6.03. The maximum Gasteiger partial charge on any atom is 0.142 e. The molecule has 0 saturated carbocycles. The molecular formula is C26H24ClNO2. The van der Waals surface area contributed by atoms with Crippen molar-refractivity contribution in [2.45, 2.75) is 49.9 Å². The van der Waals surface area contributed by atoms with Crippen LogP contribution in [0.25, 0.3) is 21.7 Å². The largest absolute Gasteiger partial charge is 0.463 e. The van der Waals surface area contributed by atoms with Gasteiger partial charge in [-0.3, -0.25) is 4.90 Å². The third-order valence-corrected chi connectivity index (χ3v) is 7.45. The average molecular weight is 418 g/mol. The fourth-order valence-electron chi connectivity index (χ4n) is 5.71. The summed E-state index contributed by atoms with van der Waals surface area (Å²) in [6.45, 7) is 0.872. The van der Waals surface area contributed by atoms with E-state index in [0.717, 1.165) is 43.4 Å². The van der Waals surface area contributed by atoms with E-state index in [1.165, 1.54) is 21.7 Å². The van der Waals surface area contributed by atoms with Gasteiger partial charge in [0, 0.05) is 40.0 Å². The molecule has 0 amide bonds. The zero-order valence-electron chi connectivity index (χ0n) is 16.7. The summed E-state index contributed by atoms with van der Waals surface area (Å²) >= 11 is 6.05. The van der Waals surface area contributed by atoms with E-state index in [2.05, 4.69) is 41.3 Å². The van der Waals surface area contributed by atoms with E-state index >= 15 is 0 Å². The molecule has 1 unspecified atom stereocenters. The zero-order chi connectivity index (χ0) is 20.3. The smallest absolute Gasteiger partial charge is 0.142 e. The Labute approximate surface area is 180 Å². The van der Waals surface area contributed by atoms with E-state index in [1.807, 2.05) is 30.5 Å². The summed E-state index contributed by atoms with van der Waals surface area (Å²) in [7, 11) is 0. The SMILES string of the molecule is OC1(c2ccc(Cl)cc2)C[C@H]2CC[C@@H](C1)N2Cc1coc2c1ccc1ccccc12. The molecule has 2 saturated heterocycles. The first kappa shape index (κ1) is 18.4. The van der Waals surface area contributed by atoms with Crippen LogP contribution in [0.2, 0.25) is 5.02 Å². The third-order valence-electron chi connectivity index (χ3n) is 7.20. The Bertz CT molecular complexity index is 1210. The summed E-state index contributed by atoms with van der Waals surface area (Å²) in [6, 6.07) is 21.2. The Morgan fingerprint density at radius 2 is 1.67 bits per heavy atom. The number of aliphatic hydroxyl groups is 1. The number of furan rings is 1. The zero-order valence-corrected chi connectivity index (χ0v) is 17.5. The van der Waals surface area contributed by atoms with Gasteiger partial charge in [-0.25, -0.2) is 0 Å². The number of halogens is 1. The van der Waals surface area contributed by atoms with Crippen LogP contribution in [-0.4, -0.2) is 22.1 Å². The fourth-order valence-corrected chi connectivity index (χ4v) is 5.83. The van der Waals surface area contributed by atoms with E-state index in [0.29, 0.717) is 17.1 Å². The van der Waals surface area contributed by atoms with Gasteiger partial charge < -0.3 is 9.52 Å². The minimum atomic E-state index is -0.762. The normalized spacial score (nSPS) is 26.6. The van der Waals surface area contributed by atoms with Crippen molar-refractivity contribution in [3.63, 3.8) is 0 Å². The first-order chi connectivity index (χ1) is 14.6. The van der Waals surface area contributed by atoms with Crippen LogP contribution in [0.1, 0.15) is 36.8 Å². The number of hydrogen-bond acceptors (Lipinski definition) is 3. The number of fused-ring (bicyclic) bond motifs is 5. The standard InChI is InChI=1S/C26H24ClNO2/c27-20-8-6-19(7-9-20)26(29)13-21-10-11-22(14-26)28(21)15-18-16-30-25-23-4-2-1-3-17(23)5-12-24(18)25/h1-9,12,16,21-22,29H,10-11,13-15H2/t21-,22+,26?. The van der Waals surface area contributed by atoms with Crippen molar-refractivity contribution in [3.8, 4) is 0 Å². The lowest BCUT2D eigenvalue weighted by Crippen LogP contribution is -2.49. The Balaban J connectivity index is 1.29. The molecule has 2 aliphatic rings. The van der Waals surface area contributed by atoms with Crippen molar-refractivity contribution in [2.24, 2.45) is 0 Å². The second-order valence-electron chi connectivity index (χ2n) is 8.93. The second-order valence-corrected chi connectivity index (χ2v) is 9.36. The lowest BCUT2D eigenvalue weighted by Gasteiger charge is -2.44. The molecule has 3 nitrogen and oxygen atoms in total. The highest BCUT2D eigenvalue weighted by atomic mass is 35.5. The van der Waals surface area contributed by atoms with Crippen LogP contribution in [0, 0.1) is 0 Å². The number of benzene rings is 3. The van der Waals surface area contributed by atoms with Crippen molar-refractivity contribution in [2.75, 3.05) is 0 Å². The summed E-state index contributed by atoms with van der Waals surface area (Å²) in [6.07, 6.45) is 5.74. The second kappa shape index (κ2) is 6.84. The van der Waals surface area contributed by atoms with Crippen LogP contribution in [0.15, 0.2) is 71.3 Å². The average Bonchev–Trinajstić information content (AvgIpc) is 3.28. The van der Waals surface area contributed by atoms with Gasteiger partial charge in [0.05, 0.1) is 11.9 Å². The van der Waals surface area contributed by atoms with Gasteiger partial charge in [-0.2, -0.15) is 0 Å². The molecule has 30 heavy (non-hydrogen) atoms. The van der Waals surface area contributed by atoms with Crippen molar-refractivity contribution < 1.29 is 9.52 Å². The molecule has 6 rings (SSSR count). The molecule has 152 valence electrons. The quantitative estimate of drug-likeness (QED) is 0.427. The number of rotatable bonds is 3. The van der Waals surface area contributed by atoms with Crippen molar-refractivity contribution >= 4 is 33.3 Å². The Morgan fingerprint density at radius 3 is 2.43 bits per heavy atom. The minimum Gasteiger partial charge on any atom is -0.463 e. The van der Waals surface area contributed by atoms with Crippen molar-refractivity contribution in [3.05, 3.63) is 83.1 Å². The first-order valence-corrected chi connectivity index (χ1v) is 11.1. The topological polar surface area (TPSA) is 36.6 Å². The predicted octanol–water partition coefficient (Wildman–Crippen LogP) is 6.25. The number of nitrogens with zero attached hydrogens (tertiary/aromatic N) is 1. The molecule has 3 aromatic carbocycles. The van der Waals surface area contributed by atoms with E-state index in [9.17, 15) is 5.11 Å². The van der Waals surface area contributed by atoms with Gasteiger partial charge in [-0.05, 0) is 48.8 Å². The fraction of sp³-hybridized carbons (Fsp3) is 0.308. The summed E-state index contributed by atoms with van der Waals surface area (Å²) in [4.78, 5) is 2.59. The van der Waals surface area contributed by atoms with Gasteiger partial charge in [0.15, 0.2) is 0 Å². The molecule has 1 aromatic heterocycles. The van der Waals surface area contributed by atoms with E-state index in [-0.39, 0.29) is 0 Å². The minimum absolute atomic E-state index is 0.384. The molecule has 4 aromatic rings. The molecule has 4 heteroatoms. The van der Waals surface area contributed by atoms with E-state index in [4.69, 9.17) is 16.0 Å². The van der Waals surface area contributed by atoms with Gasteiger partial charge in [0.1, 0.15) is 5.58 Å². The molecule has 3 atom stereocenters. The first-order valence-electron chi connectivity index (χ1n) is 10.7. The molecule has 3 heterocycles.